The molecular formula is C21H28N2O3S. The molecule has 0 fully saturated rings. The first-order chi connectivity index (χ1) is 12.7. The van der Waals surface area contributed by atoms with E-state index in [1.54, 1.807) is 0 Å². The molecule has 0 aliphatic carbocycles. The summed E-state index contributed by atoms with van der Waals surface area (Å²) in [6, 6.07) is 15.5. The highest BCUT2D eigenvalue weighted by Crippen LogP contribution is 2.14. The number of carbonyl (C=O) groups excluding carboxylic acids is 1. The Balaban J connectivity index is 2.03. The largest absolute Gasteiger partial charge is 0.348 e. The molecule has 6 heteroatoms. The molecule has 0 spiro atoms. The monoisotopic (exact) mass is 388 g/mol. The van der Waals surface area contributed by atoms with Crippen molar-refractivity contribution in [2.45, 2.75) is 39.8 Å². The van der Waals surface area contributed by atoms with Crippen molar-refractivity contribution in [1.82, 2.24) is 9.62 Å². The first kappa shape index (κ1) is 21.1. The van der Waals surface area contributed by atoms with Crippen LogP contribution in [0.3, 0.4) is 0 Å². The Morgan fingerprint density at radius 1 is 1.04 bits per heavy atom. The summed E-state index contributed by atoms with van der Waals surface area (Å²) in [5, 5.41) is 2.89. The van der Waals surface area contributed by atoms with Crippen molar-refractivity contribution in [3.63, 3.8) is 0 Å². The van der Waals surface area contributed by atoms with E-state index in [1.165, 1.54) is 9.87 Å². The second-order valence-electron chi connectivity index (χ2n) is 6.90. The van der Waals surface area contributed by atoms with Gasteiger partial charge in [-0.25, -0.2) is 8.42 Å². The molecule has 146 valence electrons. The molecule has 1 N–H and O–H groups in total. The molecule has 27 heavy (non-hydrogen) atoms. The van der Waals surface area contributed by atoms with E-state index in [-0.39, 0.29) is 25.0 Å². The number of aryl methyl sites for hydroxylation is 2. The van der Waals surface area contributed by atoms with E-state index in [9.17, 15) is 13.2 Å². The van der Waals surface area contributed by atoms with E-state index in [0.29, 0.717) is 0 Å². The molecule has 0 aliphatic heterocycles. The van der Waals surface area contributed by atoms with Gasteiger partial charge in [0.1, 0.15) is 0 Å². The van der Waals surface area contributed by atoms with E-state index >= 15 is 0 Å². The Kier molecular flexibility index (Phi) is 7.16. The number of nitrogens with one attached hydrogen (secondary N) is 1. The SMILES string of the molecule is CCc1ccc([C@H](C)NC(=O)CN(Cc2ccc(C)cc2)S(C)(=O)=O)cc1. The summed E-state index contributed by atoms with van der Waals surface area (Å²) in [5.41, 5.74) is 4.18. The number of rotatable bonds is 8. The summed E-state index contributed by atoms with van der Waals surface area (Å²) in [5.74, 6) is -0.320. The van der Waals surface area contributed by atoms with Crippen LogP contribution < -0.4 is 5.32 Å². The third kappa shape index (κ3) is 6.48. The van der Waals surface area contributed by atoms with Crippen LogP contribution in [0.2, 0.25) is 0 Å². The van der Waals surface area contributed by atoms with Crippen LogP contribution in [0.5, 0.6) is 0 Å². The summed E-state index contributed by atoms with van der Waals surface area (Å²) >= 11 is 0. The van der Waals surface area contributed by atoms with Crippen molar-refractivity contribution in [2.75, 3.05) is 12.8 Å². The summed E-state index contributed by atoms with van der Waals surface area (Å²) in [6.45, 7) is 5.92. The summed E-state index contributed by atoms with van der Waals surface area (Å²) in [6.07, 6.45) is 2.09. The van der Waals surface area contributed by atoms with Crippen molar-refractivity contribution in [2.24, 2.45) is 0 Å². The normalized spacial score (nSPS) is 12.8. The number of carbonyl (C=O) groups is 1. The zero-order valence-corrected chi connectivity index (χ0v) is 17.2. The molecule has 0 bridgehead atoms. The van der Waals surface area contributed by atoms with Crippen LogP contribution in [-0.4, -0.2) is 31.4 Å². The Morgan fingerprint density at radius 3 is 2.11 bits per heavy atom. The lowest BCUT2D eigenvalue weighted by Gasteiger charge is -2.21. The molecule has 0 aromatic heterocycles. The molecule has 2 rings (SSSR count). The third-order valence-corrected chi connectivity index (χ3v) is 5.73. The maximum absolute atomic E-state index is 12.4. The van der Waals surface area contributed by atoms with Gasteiger partial charge in [-0.3, -0.25) is 4.79 Å². The Bertz CT molecular complexity index is 859. The van der Waals surface area contributed by atoms with Gasteiger partial charge in [0, 0.05) is 6.54 Å². The molecule has 0 aliphatic rings. The molecule has 2 aromatic rings. The molecule has 1 atom stereocenters. The Morgan fingerprint density at radius 2 is 1.59 bits per heavy atom. The van der Waals surface area contributed by atoms with Crippen LogP contribution in [0.25, 0.3) is 0 Å². The van der Waals surface area contributed by atoms with Crippen LogP contribution in [0.1, 0.15) is 42.1 Å². The predicted octanol–water partition coefficient (Wildman–Crippen LogP) is 3.20. The fourth-order valence-electron chi connectivity index (χ4n) is 2.76. The lowest BCUT2D eigenvalue weighted by Crippen LogP contribution is -2.40. The van der Waals surface area contributed by atoms with E-state index < -0.39 is 10.0 Å². The maximum Gasteiger partial charge on any atom is 0.235 e. The van der Waals surface area contributed by atoms with Gasteiger partial charge in [-0.15, -0.1) is 0 Å². The minimum absolute atomic E-state index is 0.173. The summed E-state index contributed by atoms with van der Waals surface area (Å²) < 4.78 is 25.4. The minimum Gasteiger partial charge on any atom is -0.348 e. The van der Waals surface area contributed by atoms with Crippen molar-refractivity contribution in [3.8, 4) is 0 Å². The highest BCUT2D eigenvalue weighted by Gasteiger charge is 2.21. The van der Waals surface area contributed by atoms with Gasteiger partial charge in [0.25, 0.3) is 0 Å². The number of benzene rings is 2. The van der Waals surface area contributed by atoms with Gasteiger partial charge in [-0.2, -0.15) is 4.31 Å². The zero-order valence-electron chi connectivity index (χ0n) is 16.4. The van der Waals surface area contributed by atoms with Gasteiger partial charge in [0.15, 0.2) is 0 Å². The van der Waals surface area contributed by atoms with Gasteiger partial charge in [0.05, 0.1) is 18.8 Å². The highest BCUT2D eigenvalue weighted by molar-refractivity contribution is 7.88. The first-order valence-electron chi connectivity index (χ1n) is 9.08. The van der Waals surface area contributed by atoms with Gasteiger partial charge >= 0.3 is 0 Å². The minimum atomic E-state index is -3.51. The van der Waals surface area contributed by atoms with E-state index in [1.807, 2.05) is 62.4 Å². The first-order valence-corrected chi connectivity index (χ1v) is 10.9. The fourth-order valence-corrected chi connectivity index (χ4v) is 3.50. The molecule has 0 unspecified atom stereocenters. The number of amides is 1. The topological polar surface area (TPSA) is 66.5 Å². The van der Waals surface area contributed by atoms with Gasteiger partial charge in [0.2, 0.25) is 15.9 Å². The lowest BCUT2D eigenvalue weighted by atomic mass is 10.1. The summed E-state index contributed by atoms with van der Waals surface area (Å²) in [7, 11) is -3.51. The van der Waals surface area contributed by atoms with Crippen LogP contribution in [0.15, 0.2) is 48.5 Å². The highest BCUT2D eigenvalue weighted by atomic mass is 32.2. The van der Waals surface area contributed by atoms with Crippen molar-refractivity contribution < 1.29 is 13.2 Å². The van der Waals surface area contributed by atoms with Crippen LogP contribution >= 0.6 is 0 Å². The average Bonchev–Trinajstić information content (AvgIpc) is 2.62. The van der Waals surface area contributed by atoms with Gasteiger partial charge < -0.3 is 5.32 Å². The van der Waals surface area contributed by atoms with Gasteiger partial charge in [-0.05, 0) is 37.0 Å². The smallest absolute Gasteiger partial charge is 0.235 e. The number of nitrogens with zero attached hydrogens (tertiary/aromatic N) is 1. The Hall–Kier alpha value is -2.18. The third-order valence-electron chi connectivity index (χ3n) is 4.53. The van der Waals surface area contributed by atoms with E-state index in [4.69, 9.17) is 0 Å². The molecule has 2 aromatic carbocycles. The molecule has 0 saturated carbocycles. The molecule has 0 saturated heterocycles. The number of hydrogen-bond donors (Lipinski definition) is 1. The van der Waals surface area contributed by atoms with Crippen molar-refractivity contribution in [1.29, 1.82) is 0 Å². The van der Waals surface area contributed by atoms with Crippen LogP contribution in [-0.2, 0) is 27.8 Å². The van der Waals surface area contributed by atoms with E-state index in [0.717, 1.165) is 29.4 Å². The predicted molar refractivity (Wildman–Crippen MR) is 109 cm³/mol. The Labute approximate surface area is 162 Å². The molecule has 0 radical (unpaired) electrons. The summed E-state index contributed by atoms with van der Waals surface area (Å²) in [4.78, 5) is 12.4. The maximum atomic E-state index is 12.4. The lowest BCUT2D eigenvalue weighted by molar-refractivity contribution is -0.122. The second-order valence-corrected chi connectivity index (χ2v) is 8.88. The fraction of sp³-hybridized carbons (Fsp3) is 0.381. The number of sulfonamides is 1. The molecular weight excluding hydrogens is 360 g/mol. The van der Waals surface area contributed by atoms with Crippen LogP contribution in [0.4, 0.5) is 0 Å². The number of hydrogen-bond acceptors (Lipinski definition) is 3. The van der Waals surface area contributed by atoms with Gasteiger partial charge in [-0.1, -0.05) is 61.0 Å². The quantitative estimate of drug-likeness (QED) is 0.755. The zero-order chi connectivity index (χ0) is 20.0. The molecule has 0 heterocycles. The van der Waals surface area contributed by atoms with Crippen molar-refractivity contribution in [3.05, 3.63) is 70.8 Å². The second kappa shape index (κ2) is 9.15. The standard InChI is InChI=1S/C21H28N2O3S/c1-5-18-10-12-20(13-11-18)17(3)22-21(24)15-23(27(4,25)26)14-19-8-6-16(2)7-9-19/h6-13,17H,5,14-15H2,1-4H3,(H,22,24)/t17-/m0/s1. The molecule has 5 nitrogen and oxygen atoms in total. The van der Waals surface area contributed by atoms with E-state index in [2.05, 4.69) is 12.2 Å². The average molecular weight is 389 g/mol. The van der Waals surface area contributed by atoms with Crippen LogP contribution in [0, 0.1) is 6.92 Å². The molecule has 1 amide bonds. The van der Waals surface area contributed by atoms with Crippen molar-refractivity contribution >= 4 is 15.9 Å².